The zero-order valence-electron chi connectivity index (χ0n) is 9.03. The summed E-state index contributed by atoms with van der Waals surface area (Å²) in [5.41, 5.74) is 0. The first-order valence-electron chi connectivity index (χ1n) is 5.45. The largest absolute Gasteiger partial charge is 0.320 e. The summed E-state index contributed by atoms with van der Waals surface area (Å²) < 4.78 is 0. The minimum atomic E-state index is 0.935. The van der Waals surface area contributed by atoms with Gasteiger partial charge in [-0.1, -0.05) is 39.5 Å². The first-order valence-corrected chi connectivity index (χ1v) is 5.45. The Kier molecular flexibility index (Phi) is 9.02. The molecule has 74 valence electrons. The van der Waals surface area contributed by atoms with Gasteiger partial charge in [0.1, 0.15) is 0 Å². The van der Waals surface area contributed by atoms with Crippen molar-refractivity contribution in [3.63, 3.8) is 0 Å². The Balaban J connectivity index is 3.04. The molecule has 0 aromatic heterocycles. The Labute approximate surface area is 77.9 Å². The average molecular weight is 171 g/mol. The molecule has 0 saturated carbocycles. The summed E-state index contributed by atoms with van der Waals surface area (Å²) in [6.45, 7) is 5.83. The third-order valence-corrected chi connectivity index (χ3v) is 2.42. The van der Waals surface area contributed by atoms with Gasteiger partial charge in [-0.05, 0) is 32.4 Å². The van der Waals surface area contributed by atoms with Crippen LogP contribution in [0.4, 0.5) is 0 Å². The van der Waals surface area contributed by atoms with E-state index in [0.717, 1.165) is 5.92 Å². The van der Waals surface area contributed by atoms with E-state index in [1.807, 2.05) is 7.05 Å². The third-order valence-electron chi connectivity index (χ3n) is 2.42. The minimum Gasteiger partial charge on any atom is -0.320 e. The summed E-state index contributed by atoms with van der Waals surface area (Å²) in [5, 5.41) is 3.19. The first kappa shape index (κ1) is 12.0. The second-order valence-corrected chi connectivity index (χ2v) is 3.85. The van der Waals surface area contributed by atoms with Gasteiger partial charge in [-0.2, -0.15) is 0 Å². The van der Waals surface area contributed by atoms with Crippen molar-refractivity contribution in [3.05, 3.63) is 0 Å². The lowest BCUT2D eigenvalue weighted by atomic mass is 9.98. The maximum absolute atomic E-state index is 3.19. The molecule has 0 aliphatic rings. The topological polar surface area (TPSA) is 12.0 Å². The van der Waals surface area contributed by atoms with Crippen molar-refractivity contribution in [1.82, 2.24) is 5.32 Å². The van der Waals surface area contributed by atoms with E-state index in [9.17, 15) is 0 Å². The van der Waals surface area contributed by atoms with Crippen LogP contribution < -0.4 is 5.32 Å². The van der Waals surface area contributed by atoms with Gasteiger partial charge in [0, 0.05) is 0 Å². The van der Waals surface area contributed by atoms with Crippen molar-refractivity contribution in [2.45, 2.75) is 52.4 Å². The highest BCUT2D eigenvalue weighted by Crippen LogP contribution is 2.14. The van der Waals surface area contributed by atoms with Gasteiger partial charge in [-0.15, -0.1) is 0 Å². The molecule has 1 heteroatoms. The maximum atomic E-state index is 3.19. The van der Waals surface area contributed by atoms with E-state index >= 15 is 0 Å². The maximum Gasteiger partial charge on any atom is -0.00518 e. The van der Waals surface area contributed by atoms with E-state index in [4.69, 9.17) is 0 Å². The van der Waals surface area contributed by atoms with Gasteiger partial charge in [-0.3, -0.25) is 0 Å². The molecule has 0 fully saturated rings. The van der Waals surface area contributed by atoms with Crippen LogP contribution in [0.25, 0.3) is 0 Å². The van der Waals surface area contributed by atoms with Crippen LogP contribution in [0.3, 0.4) is 0 Å². The summed E-state index contributed by atoms with van der Waals surface area (Å²) >= 11 is 0. The second kappa shape index (κ2) is 9.05. The second-order valence-electron chi connectivity index (χ2n) is 3.85. The SMILES string of the molecule is CCCCC[C@H](C)CCCNC. The van der Waals surface area contributed by atoms with Gasteiger partial charge in [0.15, 0.2) is 0 Å². The van der Waals surface area contributed by atoms with Crippen molar-refractivity contribution < 1.29 is 0 Å². The quantitative estimate of drug-likeness (QED) is 0.553. The molecule has 0 heterocycles. The van der Waals surface area contributed by atoms with Crippen LogP contribution in [-0.4, -0.2) is 13.6 Å². The molecule has 0 amide bonds. The van der Waals surface area contributed by atoms with E-state index in [0.29, 0.717) is 0 Å². The van der Waals surface area contributed by atoms with Crippen molar-refractivity contribution in [2.24, 2.45) is 5.92 Å². The minimum absolute atomic E-state index is 0.935. The number of unbranched alkanes of at least 4 members (excludes halogenated alkanes) is 2. The molecular weight excluding hydrogens is 146 g/mol. The van der Waals surface area contributed by atoms with Crippen LogP contribution in [0.5, 0.6) is 0 Å². The van der Waals surface area contributed by atoms with E-state index < -0.39 is 0 Å². The molecule has 1 N–H and O–H groups in total. The van der Waals surface area contributed by atoms with Gasteiger partial charge in [0.05, 0.1) is 0 Å². The zero-order chi connectivity index (χ0) is 9.23. The highest BCUT2D eigenvalue weighted by molar-refractivity contribution is 4.54. The number of hydrogen-bond donors (Lipinski definition) is 1. The molecule has 0 rings (SSSR count). The molecule has 0 radical (unpaired) electrons. The van der Waals surface area contributed by atoms with Crippen LogP contribution in [-0.2, 0) is 0 Å². The summed E-state index contributed by atoms with van der Waals surface area (Å²) in [6.07, 6.45) is 8.35. The predicted molar refractivity (Wildman–Crippen MR) is 56.5 cm³/mol. The lowest BCUT2D eigenvalue weighted by Gasteiger charge is -2.09. The van der Waals surface area contributed by atoms with Crippen molar-refractivity contribution in [2.75, 3.05) is 13.6 Å². The lowest BCUT2D eigenvalue weighted by molar-refractivity contribution is 0.447. The third kappa shape index (κ3) is 8.06. The van der Waals surface area contributed by atoms with E-state index in [1.165, 1.54) is 45.1 Å². The molecule has 0 bridgehead atoms. The van der Waals surface area contributed by atoms with Crippen LogP contribution in [0, 0.1) is 5.92 Å². The summed E-state index contributed by atoms with van der Waals surface area (Å²) in [7, 11) is 2.03. The monoisotopic (exact) mass is 171 g/mol. The fourth-order valence-electron chi connectivity index (χ4n) is 1.51. The summed E-state index contributed by atoms with van der Waals surface area (Å²) in [6, 6.07) is 0. The predicted octanol–water partition coefficient (Wildman–Crippen LogP) is 3.20. The summed E-state index contributed by atoms with van der Waals surface area (Å²) in [4.78, 5) is 0. The molecule has 12 heavy (non-hydrogen) atoms. The van der Waals surface area contributed by atoms with Crippen molar-refractivity contribution in [1.29, 1.82) is 0 Å². The Morgan fingerprint density at radius 2 is 1.75 bits per heavy atom. The lowest BCUT2D eigenvalue weighted by Crippen LogP contribution is -2.09. The highest BCUT2D eigenvalue weighted by atomic mass is 14.8. The Morgan fingerprint density at radius 3 is 2.33 bits per heavy atom. The molecule has 0 aromatic rings. The Hall–Kier alpha value is -0.0400. The van der Waals surface area contributed by atoms with E-state index in [1.54, 1.807) is 0 Å². The van der Waals surface area contributed by atoms with Crippen molar-refractivity contribution >= 4 is 0 Å². The van der Waals surface area contributed by atoms with Crippen LogP contribution in [0.15, 0.2) is 0 Å². The van der Waals surface area contributed by atoms with Crippen LogP contribution in [0.2, 0.25) is 0 Å². The molecule has 0 saturated heterocycles. The van der Waals surface area contributed by atoms with Gasteiger partial charge in [0.25, 0.3) is 0 Å². The Morgan fingerprint density at radius 1 is 1.08 bits per heavy atom. The van der Waals surface area contributed by atoms with Gasteiger partial charge in [0.2, 0.25) is 0 Å². The molecule has 0 aliphatic carbocycles. The van der Waals surface area contributed by atoms with E-state index in [2.05, 4.69) is 19.2 Å². The Bertz CT molecular complexity index is 71.1. The van der Waals surface area contributed by atoms with Gasteiger partial charge in [-0.25, -0.2) is 0 Å². The molecule has 0 spiro atoms. The molecule has 0 aromatic carbocycles. The standard InChI is InChI=1S/C11H25N/c1-4-5-6-8-11(2)9-7-10-12-3/h11-12H,4-10H2,1-3H3/t11-/m0/s1. The number of hydrogen-bond acceptors (Lipinski definition) is 1. The van der Waals surface area contributed by atoms with Crippen LogP contribution >= 0.6 is 0 Å². The summed E-state index contributed by atoms with van der Waals surface area (Å²) in [5.74, 6) is 0.935. The first-order chi connectivity index (χ1) is 5.81. The van der Waals surface area contributed by atoms with E-state index in [-0.39, 0.29) is 0 Å². The average Bonchev–Trinajstić information content (AvgIpc) is 2.06. The molecular formula is C11H25N. The zero-order valence-corrected chi connectivity index (χ0v) is 9.03. The molecule has 1 nitrogen and oxygen atoms in total. The highest BCUT2D eigenvalue weighted by Gasteiger charge is 2.00. The molecule has 1 atom stereocenters. The van der Waals surface area contributed by atoms with Crippen LogP contribution in [0.1, 0.15) is 52.4 Å². The fourth-order valence-corrected chi connectivity index (χ4v) is 1.51. The fraction of sp³-hybridized carbons (Fsp3) is 1.00. The number of nitrogens with one attached hydrogen (secondary N) is 1. The molecule has 0 unspecified atom stereocenters. The normalized spacial score (nSPS) is 13.2. The van der Waals surface area contributed by atoms with Gasteiger partial charge < -0.3 is 5.32 Å². The smallest absolute Gasteiger partial charge is 0.00518 e. The van der Waals surface area contributed by atoms with Crippen molar-refractivity contribution in [3.8, 4) is 0 Å². The number of rotatable bonds is 8. The molecule has 0 aliphatic heterocycles. The van der Waals surface area contributed by atoms with Gasteiger partial charge >= 0.3 is 0 Å².